The Morgan fingerprint density at radius 3 is 2.39 bits per heavy atom. The molecule has 0 fully saturated rings. The van der Waals surface area contributed by atoms with E-state index in [9.17, 15) is 24.8 Å². The van der Waals surface area contributed by atoms with Crippen LogP contribution in [0.15, 0.2) is 24.3 Å². The molecular formula is C23H34N4O5S. The van der Waals surface area contributed by atoms with E-state index in [-0.39, 0.29) is 23.1 Å². The van der Waals surface area contributed by atoms with Gasteiger partial charge in [-0.15, -0.1) is 0 Å². The number of ether oxygens (including phenoxy) is 1. The summed E-state index contributed by atoms with van der Waals surface area (Å²) in [6.07, 6.45) is 0.725. The normalized spacial score (nSPS) is 13.7. The second-order valence-electron chi connectivity index (χ2n) is 8.67. The predicted molar refractivity (Wildman–Crippen MR) is 128 cm³/mol. The van der Waals surface area contributed by atoms with Gasteiger partial charge >= 0.3 is 6.09 Å². The third kappa shape index (κ3) is 8.85. The summed E-state index contributed by atoms with van der Waals surface area (Å²) in [5, 5.41) is 25.1. The van der Waals surface area contributed by atoms with Crippen LogP contribution in [-0.4, -0.2) is 57.9 Å². The Labute approximate surface area is 200 Å². The zero-order chi connectivity index (χ0) is 25.2. The van der Waals surface area contributed by atoms with Crippen LogP contribution in [0.3, 0.4) is 0 Å². The number of hydrogen-bond acceptors (Lipinski definition) is 7. The first kappa shape index (κ1) is 28.1. The summed E-state index contributed by atoms with van der Waals surface area (Å²) < 4.78 is 5.21. The van der Waals surface area contributed by atoms with Crippen LogP contribution < -0.4 is 10.6 Å². The smallest absolute Gasteiger partial charge is 0.408 e. The number of rotatable bonds is 10. The van der Waals surface area contributed by atoms with Crippen molar-refractivity contribution in [1.29, 1.82) is 5.26 Å². The number of phenols is 1. The van der Waals surface area contributed by atoms with Crippen molar-refractivity contribution >= 4 is 30.5 Å². The van der Waals surface area contributed by atoms with Gasteiger partial charge in [0.05, 0.1) is 6.07 Å². The third-order valence-electron chi connectivity index (χ3n) is 4.60. The Morgan fingerprint density at radius 2 is 1.88 bits per heavy atom. The van der Waals surface area contributed by atoms with Crippen molar-refractivity contribution in [2.45, 2.75) is 71.2 Å². The van der Waals surface area contributed by atoms with E-state index in [2.05, 4.69) is 23.3 Å². The predicted octanol–water partition coefficient (Wildman–Crippen LogP) is 2.91. The maximum absolute atomic E-state index is 13.4. The van der Waals surface area contributed by atoms with E-state index in [0.717, 1.165) is 11.3 Å². The number of thiol groups is 1. The van der Waals surface area contributed by atoms with Crippen molar-refractivity contribution in [2.75, 3.05) is 12.3 Å². The molecule has 1 aromatic rings. The number of nitrogens with zero attached hydrogens (tertiary/aromatic N) is 2. The number of aromatic hydroxyl groups is 1. The maximum Gasteiger partial charge on any atom is 0.408 e. The van der Waals surface area contributed by atoms with Crippen molar-refractivity contribution in [3.63, 3.8) is 0 Å². The van der Waals surface area contributed by atoms with Gasteiger partial charge in [-0.1, -0.05) is 31.5 Å². The van der Waals surface area contributed by atoms with E-state index in [1.807, 2.05) is 19.9 Å². The molecule has 0 aliphatic carbocycles. The topological polar surface area (TPSA) is 132 Å². The summed E-state index contributed by atoms with van der Waals surface area (Å²) in [7, 11) is 0. The quantitative estimate of drug-likeness (QED) is 0.302. The van der Waals surface area contributed by atoms with Gasteiger partial charge in [0.15, 0.2) is 0 Å². The van der Waals surface area contributed by atoms with Crippen molar-refractivity contribution in [2.24, 2.45) is 0 Å². The van der Waals surface area contributed by atoms with E-state index < -0.39 is 42.1 Å². The largest absolute Gasteiger partial charge is 0.508 e. The number of carbonyl (C=O) groups excluding carboxylic acids is 3. The minimum absolute atomic E-state index is 0.0959. The molecule has 1 rings (SSSR count). The van der Waals surface area contributed by atoms with Gasteiger partial charge in [-0.3, -0.25) is 9.59 Å². The molecule has 3 amide bonds. The van der Waals surface area contributed by atoms with Gasteiger partial charge in [0.25, 0.3) is 0 Å². The summed E-state index contributed by atoms with van der Waals surface area (Å²) in [5.41, 5.74) is -0.619. The molecule has 3 unspecified atom stereocenters. The lowest BCUT2D eigenvalue weighted by molar-refractivity contribution is -0.141. The average Bonchev–Trinajstić information content (AvgIpc) is 2.71. The molecule has 0 saturated carbocycles. The Balaban J connectivity index is 3.35. The van der Waals surface area contributed by atoms with Crippen LogP contribution in [0.1, 0.15) is 59.1 Å². The molecule has 33 heavy (non-hydrogen) atoms. The first-order valence-corrected chi connectivity index (χ1v) is 11.4. The highest BCUT2D eigenvalue weighted by Gasteiger charge is 2.37. The molecule has 3 atom stereocenters. The molecule has 182 valence electrons. The molecule has 0 aliphatic rings. The summed E-state index contributed by atoms with van der Waals surface area (Å²) in [6, 6.07) is 5.38. The van der Waals surface area contributed by atoms with Gasteiger partial charge in [-0.05, 0) is 40.2 Å². The summed E-state index contributed by atoms with van der Waals surface area (Å²) in [6.45, 7) is 8.41. The van der Waals surface area contributed by atoms with Gasteiger partial charge in [-0.25, -0.2) is 4.79 Å². The van der Waals surface area contributed by atoms with E-state index in [4.69, 9.17) is 4.74 Å². The lowest BCUT2D eigenvalue weighted by Gasteiger charge is -2.33. The number of hydrogen-bond donors (Lipinski definition) is 4. The molecule has 10 heteroatoms. The van der Waals surface area contributed by atoms with E-state index >= 15 is 0 Å². The Morgan fingerprint density at radius 1 is 1.24 bits per heavy atom. The van der Waals surface area contributed by atoms with Crippen LogP contribution in [0.4, 0.5) is 4.79 Å². The fraction of sp³-hybridized carbons (Fsp3) is 0.565. The van der Waals surface area contributed by atoms with Gasteiger partial charge in [0, 0.05) is 17.4 Å². The standard InChI is InChI=1S/C23H34N4O5S/c1-6-9-15(2)25-20(29)19(16-10-7-8-11-18(16)28)27(13-12-24)21(30)17(14-33)26-22(31)32-23(3,4)5/h7-8,10-11,15,17,19,28,33H,6,9,13-14H2,1-5H3,(H,25,29)(H,26,31). The summed E-state index contributed by atoms with van der Waals surface area (Å²) >= 11 is 4.16. The van der Waals surface area contributed by atoms with Crippen LogP contribution in [0, 0.1) is 11.3 Å². The molecule has 0 bridgehead atoms. The van der Waals surface area contributed by atoms with Crippen molar-refractivity contribution < 1.29 is 24.2 Å². The van der Waals surface area contributed by atoms with Crippen molar-refractivity contribution in [1.82, 2.24) is 15.5 Å². The van der Waals surface area contributed by atoms with Gasteiger partial charge < -0.3 is 25.4 Å². The Hall–Kier alpha value is -2.93. The molecule has 0 aromatic heterocycles. The number of nitrogens with one attached hydrogen (secondary N) is 2. The molecule has 0 aliphatic heterocycles. The zero-order valence-electron chi connectivity index (χ0n) is 19.8. The molecule has 0 spiro atoms. The minimum Gasteiger partial charge on any atom is -0.508 e. The van der Waals surface area contributed by atoms with Crippen LogP contribution in [-0.2, 0) is 14.3 Å². The number of benzene rings is 1. The van der Waals surface area contributed by atoms with Crippen molar-refractivity contribution in [3.8, 4) is 11.8 Å². The van der Waals surface area contributed by atoms with Crippen LogP contribution in [0.5, 0.6) is 5.75 Å². The zero-order valence-corrected chi connectivity index (χ0v) is 20.7. The van der Waals surface area contributed by atoms with Crippen LogP contribution >= 0.6 is 12.6 Å². The van der Waals surface area contributed by atoms with E-state index in [1.54, 1.807) is 32.9 Å². The highest BCUT2D eigenvalue weighted by Crippen LogP contribution is 2.29. The Kier molecular flexibility index (Phi) is 11.0. The first-order chi connectivity index (χ1) is 15.4. The van der Waals surface area contributed by atoms with Gasteiger partial charge in [-0.2, -0.15) is 17.9 Å². The fourth-order valence-corrected chi connectivity index (χ4v) is 3.45. The summed E-state index contributed by atoms with van der Waals surface area (Å²) in [4.78, 5) is 39.9. The third-order valence-corrected chi connectivity index (χ3v) is 4.96. The van der Waals surface area contributed by atoms with Gasteiger partial charge in [0.2, 0.25) is 11.8 Å². The van der Waals surface area contributed by atoms with Crippen LogP contribution in [0.25, 0.3) is 0 Å². The number of carbonyl (C=O) groups is 3. The second-order valence-corrected chi connectivity index (χ2v) is 9.03. The van der Waals surface area contributed by atoms with Crippen LogP contribution in [0.2, 0.25) is 0 Å². The lowest BCUT2D eigenvalue weighted by atomic mass is 10.0. The molecule has 0 heterocycles. The minimum atomic E-state index is -1.29. The van der Waals surface area contributed by atoms with E-state index in [0.29, 0.717) is 6.42 Å². The number of nitriles is 1. The van der Waals surface area contributed by atoms with Crippen molar-refractivity contribution in [3.05, 3.63) is 29.8 Å². The Bertz CT molecular complexity index is 865. The number of alkyl carbamates (subject to hydrolysis) is 1. The first-order valence-electron chi connectivity index (χ1n) is 10.8. The number of phenolic OH excluding ortho intramolecular Hbond substituents is 1. The summed E-state index contributed by atoms with van der Waals surface area (Å²) in [5.74, 6) is -1.54. The molecule has 3 N–H and O–H groups in total. The SMILES string of the molecule is CCCC(C)NC(=O)C(c1ccccc1O)N(CC#N)C(=O)C(CS)NC(=O)OC(C)(C)C. The average molecular weight is 479 g/mol. The lowest BCUT2D eigenvalue weighted by Crippen LogP contribution is -2.54. The second kappa shape index (κ2) is 12.9. The fourth-order valence-electron chi connectivity index (χ4n) is 3.20. The molecule has 1 aromatic carbocycles. The van der Waals surface area contributed by atoms with Gasteiger partial charge in [0.1, 0.15) is 30.0 Å². The molecule has 0 radical (unpaired) electrons. The molecule has 9 nitrogen and oxygen atoms in total. The highest BCUT2D eigenvalue weighted by atomic mass is 32.1. The number of para-hydroxylation sites is 1. The molecular weight excluding hydrogens is 444 g/mol. The monoisotopic (exact) mass is 478 g/mol. The highest BCUT2D eigenvalue weighted by molar-refractivity contribution is 7.80. The maximum atomic E-state index is 13.4. The van der Waals surface area contributed by atoms with E-state index in [1.165, 1.54) is 12.1 Å². The molecule has 0 saturated heterocycles. The number of amides is 3.